The van der Waals surface area contributed by atoms with Crippen LogP contribution in [0, 0.1) is 0 Å². The number of imidazole rings is 1. The number of nitrogens with zero attached hydrogens (tertiary/aromatic N) is 4. The van der Waals surface area contributed by atoms with Crippen LogP contribution in [0.5, 0.6) is 11.5 Å². The molecule has 0 atom stereocenters. The number of hydrogen-bond donors (Lipinski definition) is 3. The highest BCUT2D eigenvalue weighted by Crippen LogP contribution is 2.29. The van der Waals surface area contributed by atoms with E-state index in [9.17, 15) is 0 Å². The summed E-state index contributed by atoms with van der Waals surface area (Å²) in [6, 6.07) is 15.4. The molecule has 0 aliphatic rings. The van der Waals surface area contributed by atoms with E-state index in [1.54, 1.807) is 14.2 Å². The summed E-state index contributed by atoms with van der Waals surface area (Å²) in [5.74, 6) is 3.41. The third-order valence-corrected chi connectivity index (χ3v) is 5.27. The van der Waals surface area contributed by atoms with Crippen molar-refractivity contribution in [3.63, 3.8) is 0 Å². The molecule has 0 aliphatic carbocycles. The van der Waals surface area contributed by atoms with Crippen molar-refractivity contribution in [2.24, 2.45) is 0 Å². The number of fused-ring (bicyclic) bond motifs is 1. The van der Waals surface area contributed by atoms with Crippen molar-refractivity contribution in [1.29, 1.82) is 0 Å². The third kappa shape index (κ3) is 5.31. The molecule has 178 valence electrons. The van der Waals surface area contributed by atoms with Crippen LogP contribution in [-0.4, -0.2) is 47.2 Å². The summed E-state index contributed by atoms with van der Waals surface area (Å²) in [6.45, 7) is 6.08. The first-order valence-electron chi connectivity index (χ1n) is 11.5. The zero-order valence-corrected chi connectivity index (χ0v) is 20.1. The minimum absolute atomic E-state index is 0.490. The summed E-state index contributed by atoms with van der Waals surface area (Å²) < 4.78 is 10.7. The number of ether oxygens (including phenoxy) is 2. The molecule has 0 unspecified atom stereocenters. The van der Waals surface area contributed by atoms with Crippen LogP contribution in [0.15, 0.2) is 48.5 Å². The fraction of sp³-hybridized carbons (Fsp3) is 0.320. The van der Waals surface area contributed by atoms with E-state index < -0.39 is 0 Å². The molecule has 2 heterocycles. The van der Waals surface area contributed by atoms with Crippen LogP contribution >= 0.6 is 0 Å². The second kappa shape index (κ2) is 10.7. The van der Waals surface area contributed by atoms with Crippen LogP contribution in [0.1, 0.15) is 26.7 Å². The Morgan fingerprint density at radius 1 is 0.824 bits per heavy atom. The topological polar surface area (TPSA) is 100 Å². The molecule has 4 rings (SSSR count). The number of aromatic nitrogens is 4. The molecule has 0 amide bonds. The van der Waals surface area contributed by atoms with Gasteiger partial charge in [0.2, 0.25) is 11.9 Å². The first-order valence-corrected chi connectivity index (χ1v) is 11.5. The molecule has 9 nitrogen and oxygen atoms in total. The van der Waals surface area contributed by atoms with Crippen molar-refractivity contribution in [3.05, 3.63) is 48.5 Å². The number of aromatic amines is 1. The molecule has 0 fully saturated rings. The van der Waals surface area contributed by atoms with Gasteiger partial charge in [-0.25, -0.2) is 4.98 Å². The maximum absolute atomic E-state index is 5.34. The van der Waals surface area contributed by atoms with Crippen LogP contribution in [0.25, 0.3) is 11.2 Å². The van der Waals surface area contributed by atoms with Crippen molar-refractivity contribution in [2.45, 2.75) is 26.7 Å². The van der Waals surface area contributed by atoms with Gasteiger partial charge in [0.25, 0.3) is 0 Å². The lowest BCUT2D eigenvalue weighted by Gasteiger charge is -2.23. The van der Waals surface area contributed by atoms with Crippen LogP contribution in [0.2, 0.25) is 0 Å². The van der Waals surface area contributed by atoms with Crippen LogP contribution < -0.4 is 25.0 Å². The highest BCUT2D eigenvalue weighted by atomic mass is 16.5. The number of benzene rings is 2. The standard InChI is InChI=1S/C25H31N7O2/c1-5-13-32(14-6-2)23-21-22(29-24(28-21)26-17-9-7-11-19(15-17)33-3)30-25(31-23)27-18-10-8-12-20(16-18)34-4/h7-12,15-16H,5-6,13-14H2,1-4H3,(H3,26,27,28,29,30,31). The molecule has 2 aromatic carbocycles. The Bertz CT molecular complexity index is 1240. The Morgan fingerprint density at radius 3 is 2.03 bits per heavy atom. The summed E-state index contributed by atoms with van der Waals surface area (Å²) in [4.78, 5) is 20.0. The highest BCUT2D eigenvalue weighted by Gasteiger charge is 2.18. The predicted octanol–water partition coefficient (Wildman–Crippen LogP) is 5.48. The highest BCUT2D eigenvalue weighted by molar-refractivity contribution is 5.87. The lowest BCUT2D eigenvalue weighted by molar-refractivity contribution is 0.415. The fourth-order valence-corrected chi connectivity index (χ4v) is 3.75. The molecule has 0 spiro atoms. The van der Waals surface area contributed by atoms with Crippen LogP contribution in [0.3, 0.4) is 0 Å². The number of hydrogen-bond acceptors (Lipinski definition) is 8. The van der Waals surface area contributed by atoms with E-state index >= 15 is 0 Å². The summed E-state index contributed by atoms with van der Waals surface area (Å²) >= 11 is 0. The van der Waals surface area contributed by atoms with Crippen LogP contribution in [-0.2, 0) is 0 Å². The van der Waals surface area contributed by atoms with Gasteiger partial charge in [-0.2, -0.15) is 9.97 Å². The smallest absolute Gasteiger partial charge is 0.231 e. The maximum atomic E-state index is 5.34. The van der Waals surface area contributed by atoms with Crippen molar-refractivity contribution in [2.75, 3.05) is 42.8 Å². The van der Waals surface area contributed by atoms with E-state index in [2.05, 4.69) is 34.4 Å². The van der Waals surface area contributed by atoms with E-state index in [1.165, 1.54) is 0 Å². The van der Waals surface area contributed by atoms with Gasteiger partial charge in [0.15, 0.2) is 17.0 Å². The van der Waals surface area contributed by atoms with Gasteiger partial charge in [0.05, 0.1) is 14.2 Å². The summed E-state index contributed by atoms with van der Waals surface area (Å²) in [5.41, 5.74) is 3.08. The molecule has 0 radical (unpaired) electrons. The number of rotatable bonds is 11. The maximum Gasteiger partial charge on any atom is 0.231 e. The monoisotopic (exact) mass is 461 g/mol. The Balaban J connectivity index is 1.74. The average Bonchev–Trinajstić information content (AvgIpc) is 3.25. The minimum Gasteiger partial charge on any atom is -0.497 e. The van der Waals surface area contributed by atoms with Gasteiger partial charge in [-0.05, 0) is 37.1 Å². The van der Waals surface area contributed by atoms with Crippen molar-refractivity contribution >= 4 is 40.3 Å². The van der Waals surface area contributed by atoms with Gasteiger partial charge >= 0.3 is 0 Å². The Labute approximate surface area is 199 Å². The lowest BCUT2D eigenvalue weighted by Crippen LogP contribution is -2.26. The van der Waals surface area contributed by atoms with Gasteiger partial charge in [-0.3, -0.25) is 0 Å². The first-order chi connectivity index (χ1) is 16.6. The summed E-state index contributed by atoms with van der Waals surface area (Å²) in [6.07, 6.45) is 2.01. The average molecular weight is 462 g/mol. The number of methoxy groups -OCH3 is 2. The zero-order valence-electron chi connectivity index (χ0n) is 20.1. The molecule has 0 bridgehead atoms. The summed E-state index contributed by atoms with van der Waals surface area (Å²) in [5, 5.41) is 6.62. The molecule has 3 N–H and O–H groups in total. The number of anilines is 5. The minimum atomic E-state index is 0.490. The summed E-state index contributed by atoms with van der Waals surface area (Å²) in [7, 11) is 3.30. The van der Waals surface area contributed by atoms with E-state index in [1.807, 2.05) is 48.5 Å². The van der Waals surface area contributed by atoms with Gasteiger partial charge in [-0.1, -0.05) is 26.0 Å². The molecular formula is C25H31N7O2. The fourth-order valence-electron chi connectivity index (χ4n) is 3.75. The molecule has 0 saturated carbocycles. The molecular weight excluding hydrogens is 430 g/mol. The molecule has 0 aliphatic heterocycles. The van der Waals surface area contributed by atoms with Crippen molar-refractivity contribution < 1.29 is 9.47 Å². The van der Waals surface area contributed by atoms with Gasteiger partial charge < -0.3 is 30.0 Å². The molecule has 2 aromatic heterocycles. The van der Waals surface area contributed by atoms with Crippen molar-refractivity contribution in [1.82, 2.24) is 19.9 Å². The first kappa shape index (κ1) is 23.2. The van der Waals surface area contributed by atoms with Crippen LogP contribution in [0.4, 0.5) is 29.1 Å². The Kier molecular flexibility index (Phi) is 7.31. The van der Waals surface area contributed by atoms with Crippen molar-refractivity contribution in [3.8, 4) is 11.5 Å². The van der Waals surface area contributed by atoms with Gasteiger partial charge in [0, 0.05) is 36.6 Å². The van der Waals surface area contributed by atoms with E-state index in [4.69, 9.17) is 24.4 Å². The largest absolute Gasteiger partial charge is 0.497 e. The van der Waals surface area contributed by atoms with E-state index in [0.29, 0.717) is 17.5 Å². The predicted molar refractivity (Wildman–Crippen MR) is 137 cm³/mol. The molecule has 9 heteroatoms. The Hall–Kier alpha value is -4.01. The van der Waals surface area contributed by atoms with Gasteiger partial charge in [-0.15, -0.1) is 0 Å². The second-order valence-electron chi connectivity index (χ2n) is 7.85. The molecule has 0 saturated heterocycles. The van der Waals surface area contributed by atoms with E-state index in [0.717, 1.165) is 60.1 Å². The SMILES string of the molecule is CCCN(CCC)c1nc(Nc2cccc(OC)c2)nc2[nH]c(Nc3cccc(OC)c3)nc12. The lowest BCUT2D eigenvalue weighted by atomic mass is 10.3. The van der Waals surface area contributed by atoms with E-state index in [-0.39, 0.29) is 0 Å². The number of H-pyrrole nitrogens is 1. The Morgan fingerprint density at radius 2 is 1.44 bits per heavy atom. The molecule has 34 heavy (non-hydrogen) atoms. The normalized spacial score (nSPS) is 10.8. The quantitative estimate of drug-likeness (QED) is 0.270. The van der Waals surface area contributed by atoms with Gasteiger partial charge in [0.1, 0.15) is 11.5 Å². The molecule has 4 aromatic rings. The number of nitrogens with one attached hydrogen (secondary N) is 3. The third-order valence-electron chi connectivity index (χ3n) is 5.27. The second-order valence-corrected chi connectivity index (χ2v) is 7.85. The zero-order chi connectivity index (χ0) is 23.9.